The van der Waals surface area contributed by atoms with Crippen molar-refractivity contribution in [3.8, 4) is 6.07 Å². The normalized spacial score (nSPS) is 24.2. The Labute approximate surface area is 229 Å². The maximum atomic E-state index is 15.6. The van der Waals surface area contributed by atoms with Crippen LogP contribution in [0.25, 0.3) is 0 Å². The zero-order valence-electron chi connectivity index (χ0n) is 21.8. The van der Waals surface area contributed by atoms with Crippen LogP contribution < -0.4 is 5.32 Å². The quantitative estimate of drug-likeness (QED) is 0.309. The van der Waals surface area contributed by atoms with Crippen molar-refractivity contribution in [2.45, 2.75) is 83.2 Å². The number of ether oxygens (including phenoxy) is 1. The predicted octanol–water partition coefficient (Wildman–Crippen LogP) is 7.21. The summed E-state index contributed by atoms with van der Waals surface area (Å²) in [6.07, 6.45) is -3.62. The zero-order valence-corrected chi connectivity index (χ0v) is 23.3. The number of hydrogen-bond acceptors (Lipinski definition) is 5. The maximum Gasteiger partial charge on any atom is 0.433 e. The van der Waals surface area contributed by atoms with Crippen LogP contribution in [0, 0.1) is 22.6 Å². The fourth-order valence-electron chi connectivity index (χ4n) is 4.96. The van der Waals surface area contributed by atoms with Gasteiger partial charge in [-0.15, -0.1) is 0 Å². The molecule has 1 aliphatic rings. The second-order valence-corrected chi connectivity index (χ2v) is 12.5. The smallest absolute Gasteiger partial charge is 0.433 e. The molecule has 38 heavy (non-hydrogen) atoms. The van der Waals surface area contributed by atoms with Gasteiger partial charge in [-0.3, -0.25) is 15.1 Å². The Kier molecular flexibility index (Phi) is 8.16. The van der Waals surface area contributed by atoms with E-state index in [-0.39, 0.29) is 27.6 Å². The SMILES string of the molecule is CC(C)(C)C[C@@H]1N[C@@H](C(=O)OC(C)(C)C)[C@H](c2cccc(Cl)c2F)[C@@]1(C#N)c1cnc(C(F)(F)F)cc1Cl. The minimum absolute atomic E-state index is 0.0631. The molecule has 0 amide bonds. The summed E-state index contributed by atoms with van der Waals surface area (Å²) >= 11 is 12.5. The molecule has 1 aromatic heterocycles. The number of esters is 1. The molecule has 3 rings (SSSR count). The third kappa shape index (κ3) is 5.93. The van der Waals surface area contributed by atoms with Gasteiger partial charge in [0.15, 0.2) is 0 Å². The van der Waals surface area contributed by atoms with Crippen molar-refractivity contribution in [2.75, 3.05) is 0 Å². The Balaban J connectivity index is 2.39. The number of nitriles is 1. The van der Waals surface area contributed by atoms with Gasteiger partial charge in [0.05, 0.1) is 11.1 Å². The molecule has 0 spiro atoms. The largest absolute Gasteiger partial charge is 0.459 e. The molecule has 4 atom stereocenters. The molecule has 0 saturated carbocycles. The van der Waals surface area contributed by atoms with E-state index in [1.807, 2.05) is 20.8 Å². The van der Waals surface area contributed by atoms with Gasteiger partial charge >= 0.3 is 12.1 Å². The highest BCUT2D eigenvalue weighted by atomic mass is 35.5. The number of carbonyl (C=O) groups excluding carboxylic acids is 1. The van der Waals surface area contributed by atoms with Crippen LogP contribution in [0.5, 0.6) is 0 Å². The van der Waals surface area contributed by atoms with Gasteiger partial charge in [-0.05, 0) is 50.3 Å². The average Bonchev–Trinajstić information content (AvgIpc) is 3.07. The molecule has 11 heteroatoms. The molecule has 0 bridgehead atoms. The molecule has 0 aliphatic carbocycles. The van der Waals surface area contributed by atoms with Gasteiger partial charge in [0.1, 0.15) is 28.6 Å². The minimum Gasteiger partial charge on any atom is -0.459 e. The van der Waals surface area contributed by atoms with Gasteiger partial charge in [-0.2, -0.15) is 18.4 Å². The van der Waals surface area contributed by atoms with Gasteiger partial charge in [0.2, 0.25) is 0 Å². The number of halogens is 6. The molecule has 206 valence electrons. The number of benzene rings is 1. The molecule has 5 nitrogen and oxygen atoms in total. The molecule has 1 aromatic carbocycles. The Hall–Kier alpha value is -2.41. The summed E-state index contributed by atoms with van der Waals surface area (Å²) in [7, 11) is 0. The first-order valence-corrected chi connectivity index (χ1v) is 12.6. The molecule has 1 N–H and O–H groups in total. The number of pyridine rings is 1. The lowest BCUT2D eigenvalue weighted by atomic mass is 9.63. The molecule has 0 unspecified atom stereocenters. The molecule has 1 aliphatic heterocycles. The topological polar surface area (TPSA) is 75.0 Å². The summed E-state index contributed by atoms with van der Waals surface area (Å²) in [5.41, 5.74) is -4.55. The fraction of sp³-hybridized carbons (Fsp3) is 0.519. The molecular formula is C27H29Cl2F4N3O2. The maximum absolute atomic E-state index is 15.6. The average molecular weight is 574 g/mol. The number of aromatic nitrogens is 1. The van der Waals surface area contributed by atoms with Gasteiger partial charge in [-0.25, -0.2) is 4.39 Å². The van der Waals surface area contributed by atoms with E-state index in [9.17, 15) is 23.2 Å². The van der Waals surface area contributed by atoms with Crippen molar-refractivity contribution in [3.63, 3.8) is 0 Å². The highest BCUT2D eigenvalue weighted by molar-refractivity contribution is 6.31. The number of hydrogen-bond donors (Lipinski definition) is 1. The van der Waals surface area contributed by atoms with Crippen LogP contribution in [-0.2, 0) is 21.1 Å². The second-order valence-electron chi connectivity index (χ2n) is 11.6. The third-order valence-electron chi connectivity index (χ3n) is 6.32. The Morgan fingerprint density at radius 1 is 1.16 bits per heavy atom. The first-order valence-electron chi connectivity index (χ1n) is 11.9. The first-order chi connectivity index (χ1) is 17.3. The summed E-state index contributed by atoms with van der Waals surface area (Å²) in [5, 5.41) is 13.3. The van der Waals surface area contributed by atoms with E-state index in [1.165, 1.54) is 18.2 Å². The van der Waals surface area contributed by atoms with Crippen LogP contribution in [0.4, 0.5) is 17.6 Å². The first kappa shape index (κ1) is 30.1. The summed E-state index contributed by atoms with van der Waals surface area (Å²) in [4.78, 5) is 17.1. The summed E-state index contributed by atoms with van der Waals surface area (Å²) < 4.78 is 61.4. The van der Waals surface area contributed by atoms with E-state index in [0.29, 0.717) is 6.07 Å². The monoisotopic (exact) mass is 573 g/mol. The standard InChI is InChI=1S/C27H29Cl2F4N3O2/c1-24(2,3)11-19-26(13-34,15-12-35-18(10-17(15)29)27(31,32)33)20(14-8-7-9-16(28)21(14)30)22(36-19)23(37)38-25(4,5)6/h7-10,12,19-20,22,36H,11H2,1-6H3/t19-,20-,22+,26-/m0/s1. The fourth-order valence-corrected chi connectivity index (χ4v) is 5.45. The molecule has 2 heterocycles. The second kappa shape index (κ2) is 10.3. The molecule has 0 radical (unpaired) electrons. The molecule has 2 aromatic rings. The van der Waals surface area contributed by atoms with Crippen LogP contribution in [0.15, 0.2) is 30.5 Å². The van der Waals surface area contributed by atoms with Crippen LogP contribution in [0.1, 0.15) is 70.7 Å². The van der Waals surface area contributed by atoms with Crippen molar-refractivity contribution in [1.82, 2.24) is 10.3 Å². The highest BCUT2D eigenvalue weighted by Crippen LogP contribution is 2.54. The lowest BCUT2D eigenvalue weighted by Gasteiger charge is -2.37. The van der Waals surface area contributed by atoms with Crippen molar-refractivity contribution < 1.29 is 27.1 Å². The van der Waals surface area contributed by atoms with Crippen LogP contribution in [0.2, 0.25) is 10.0 Å². The number of nitrogens with one attached hydrogen (secondary N) is 1. The van der Waals surface area contributed by atoms with Crippen LogP contribution in [-0.4, -0.2) is 28.6 Å². The van der Waals surface area contributed by atoms with Gasteiger partial charge < -0.3 is 4.74 Å². The van der Waals surface area contributed by atoms with E-state index in [4.69, 9.17) is 27.9 Å². The van der Waals surface area contributed by atoms with Gasteiger partial charge in [0, 0.05) is 28.7 Å². The minimum atomic E-state index is -4.78. The molecule has 1 fully saturated rings. The summed E-state index contributed by atoms with van der Waals surface area (Å²) in [6, 6.07) is 4.92. The van der Waals surface area contributed by atoms with Crippen LogP contribution >= 0.6 is 23.2 Å². The molecular weight excluding hydrogens is 545 g/mol. The highest BCUT2D eigenvalue weighted by Gasteiger charge is 2.62. The van der Waals surface area contributed by atoms with E-state index >= 15 is 4.39 Å². The Morgan fingerprint density at radius 3 is 2.29 bits per heavy atom. The van der Waals surface area contributed by atoms with E-state index in [1.54, 1.807) is 20.8 Å². The summed E-state index contributed by atoms with van der Waals surface area (Å²) in [6.45, 7) is 10.7. The summed E-state index contributed by atoms with van der Waals surface area (Å²) in [5.74, 6) is -2.89. The number of carbonyl (C=O) groups is 1. The number of nitrogens with zero attached hydrogens (tertiary/aromatic N) is 2. The van der Waals surface area contributed by atoms with Gasteiger partial charge in [-0.1, -0.05) is 56.1 Å². The van der Waals surface area contributed by atoms with E-state index in [0.717, 1.165) is 6.20 Å². The number of alkyl halides is 3. The van der Waals surface area contributed by atoms with E-state index < -0.39 is 58.1 Å². The molecule has 1 saturated heterocycles. The predicted molar refractivity (Wildman–Crippen MR) is 136 cm³/mol. The van der Waals surface area contributed by atoms with Crippen molar-refractivity contribution in [1.29, 1.82) is 5.26 Å². The van der Waals surface area contributed by atoms with Crippen molar-refractivity contribution >= 4 is 29.2 Å². The lowest BCUT2D eigenvalue weighted by Crippen LogP contribution is -2.44. The zero-order chi connectivity index (χ0) is 28.8. The Morgan fingerprint density at radius 2 is 1.79 bits per heavy atom. The van der Waals surface area contributed by atoms with Crippen molar-refractivity contribution in [2.24, 2.45) is 5.41 Å². The number of rotatable bonds is 4. The Bertz CT molecular complexity index is 1260. The van der Waals surface area contributed by atoms with Crippen LogP contribution in [0.3, 0.4) is 0 Å². The lowest BCUT2D eigenvalue weighted by molar-refractivity contribution is -0.157. The van der Waals surface area contributed by atoms with Gasteiger partial charge in [0.25, 0.3) is 0 Å². The van der Waals surface area contributed by atoms with E-state index in [2.05, 4.69) is 16.4 Å². The van der Waals surface area contributed by atoms with Crippen molar-refractivity contribution in [3.05, 3.63) is 63.1 Å². The third-order valence-corrected chi connectivity index (χ3v) is 6.93.